The van der Waals surface area contributed by atoms with Crippen LogP contribution >= 0.6 is 22.6 Å². The number of hydrogen-bond acceptors (Lipinski definition) is 4. The Morgan fingerprint density at radius 2 is 1.79 bits per heavy atom. The van der Waals surface area contributed by atoms with Crippen LogP contribution in [-0.2, 0) is 15.9 Å². The predicted octanol–water partition coefficient (Wildman–Crippen LogP) is 2.91. The first kappa shape index (κ1) is 14.1. The zero-order chi connectivity index (χ0) is 13.9. The summed E-state index contributed by atoms with van der Waals surface area (Å²) in [6.45, 7) is 0. The molecule has 0 saturated heterocycles. The molecular weight excluding hydrogens is 379 g/mol. The van der Waals surface area contributed by atoms with Crippen molar-refractivity contribution >= 4 is 32.7 Å². The lowest BCUT2D eigenvalue weighted by molar-refractivity contribution is 0.465. The van der Waals surface area contributed by atoms with Crippen molar-refractivity contribution in [2.75, 3.05) is 0 Å². The summed E-state index contributed by atoms with van der Waals surface area (Å²) in [4.78, 5) is 0. The molecule has 0 fully saturated rings. The molecule has 0 radical (unpaired) electrons. The van der Waals surface area contributed by atoms with E-state index >= 15 is 0 Å². The van der Waals surface area contributed by atoms with E-state index in [9.17, 15) is 13.5 Å². The molecule has 2 aromatic rings. The number of halogens is 1. The Kier molecular flexibility index (Phi) is 4.31. The largest absolute Gasteiger partial charge is 0.507 e. The summed E-state index contributed by atoms with van der Waals surface area (Å²) in [6, 6.07) is 13.1. The van der Waals surface area contributed by atoms with Crippen molar-refractivity contribution in [1.82, 2.24) is 0 Å². The fourth-order valence-electron chi connectivity index (χ4n) is 1.49. The fraction of sp³-hybridized carbons (Fsp3) is 0.0769. The van der Waals surface area contributed by atoms with Crippen LogP contribution in [0.3, 0.4) is 0 Å². The molecule has 0 aliphatic rings. The predicted molar refractivity (Wildman–Crippen MR) is 80.5 cm³/mol. The molecular formula is C13H11IO4S. The number of rotatable bonds is 4. The first-order chi connectivity index (χ1) is 8.96. The van der Waals surface area contributed by atoms with Gasteiger partial charge in [0.05, 0.1) is 3.57 Å². The van der Waals surface area contributed by atoms with Gasteiger partial charge in [-0.3, -0.25) is 0 Å². The lowest BCUT2D eigenvalue weighted by atomic mass is 10.2. The van der Waals surface area contributed by atoms with Gasteiger partial charge in [-0.15, -0.1) is 0 Å². The number of aromatic hydroxyl groups is 1. The highest BCUT2D eigenvalue weighted by molar-refractivity contribution is 14.1. The van der Waals surface area contributed by atoms with Crippen LogP contribution in [0.15, 0.2) is 48.5 Å². The maximum atomic E-state index is 11.9. The zero-order valence-electron chi connectivity index (χ0n) is 9.78. The Labute approximate surface area is 125 Å². The lowest BCUT2D eigenvalue weighted by Gasteiger charge is -2.08. The Bertz CT molecular complexity index is 668. The summed E-state index contributed by atoms with van der Waals surface area (Å²) in [5, 5.41) is 9.36. The van der Waals surface area contributed by atoms with Crippen LogP contribution in [-0.4, -0.2) is 13.5 Å². The average Bonchev–Trinajstić information content (AvgIpc) is 2.34. The number of phenols is 1. The molecule has 2 aromatic carbocycles. The SMILES string of the molecule is O=S(=O)(Cc1ccccc1)Oc1ccc(O)c(I)c1. The normalized spacial score (nSPS) is 11.2. The maximum Gasteiger partial charge on any atom is 0.313 e. The molecule has 0 bridgehead atoms. The van der Waals surface area contributed by atoms with Crippen molar-refractivity contribution in [3.8, 4) is 11.5 Å². The third-order valence-corrected chi connectivity index (χ3v) is 4.33. The quantitative estimate of drug-likeness (QED) is 0.644. The van der Waals surface area contributed by atoms with Crippen LogP contribution in [0.1, 0.15) is 5.56 Å². The van der Waals surface area contributed by atoms with E-state index in [1.165, 1.54) is 18.2 Å². The molecule has 0 aliphatic heterocycles. The Hall–Kier alpha value is -1.28. The molecule has 0 saturated carbocycles. The van der Waals surface area contributed by atoms with Crippen molar-refractivity contribution in [3.63, 3.8) is 0 Å². The molecule has 0 aliphatic carbocycles. The van der Waals surface area contributed by atoms with Crippen LogP contribution in [0.5, 0.6) is 11.5 Å². The van der Waals surface area contributed by atoms with Crippen molar-refractivity contribution in [2.45, 2.75) is 5.75 Å². The van der Waals surface area contributed by atoms with E-state index in [-0.39, 0.29) is 17.3 Å². The minimum Gasteiger partial charge on any atom is -0.507 e. The average molecular weight is 390 g/mol. The number of hydrogen-bond donors (Lipinski definition) is 1. The number of benzene rings is 2. The molecule has 0 unspecified atom stereocenters. The molecule has 0 aromatic heterocycles. The molecule has 0 amide bonds. The first-order valence-electron chi connectivity index (χ1n) is 5.41. The topological polar surface area (TPSA) is 63.6 Å². The van der Waals surface area contributed by atoms with Gasteiger partial charge in [-0.2, -0.15) is 8.42 Å². The molecule has 100 valence electrons. The highest BCUT2D eigenvalue weighted by atomic mass is 127. The monoisotopic (exact) mass is 390 g/mol. The molecule has 1 N–H and O–H groups in total. The smallest absolute Gasteiger partial charge is 0.313 e. The highest BCUT2D eigenvalue weighted by Gasteiger charge is 2.14. The standard InChI is InChI=1S/C13H11IO4S/c14-12-8-11(6-7-13(12)15)18-19(16,17)9-10-4-2-1-3-5-10/h1-8,15H,9H2. The van der Waals surface area contributed by atoms with Gasteiger partial charge < -0.3 is 9.29 Å². The van der Waals surface area contributed by atoms with Gasteiger partial charge in [-0.1, -0.05) is 30.3 Å². The third kappa shape index (κ3) is 4.10. The maximum absolute atomic E-state index is 11.9. The summed E-state index contributed by atoms with van der Waals surface area (Å²) < 4.78 is 29.3. The molecule has 19 heavy (non-hydrogen) atoms. The van der Waals surface area contributed by atoms with E-state index in [2.05, 4.69) is 0 Å². The number of phenolic OH excluding ortho intramolecular Hbond substituents is 1. The van der Waals surface area contributed by atoms with Gasteiger partial charge in [0.15, 0.2) is 0 Å². The van der Waals surface area contributed by atoms with Gasteiger partial charge in [-0.05, 0) is 46.4 Å². The first-order valence-corrected chi connectivity index (χ1v) is 8.06. The van der Waals surface area contributed by atoms with Crippen LogP contribution in [0.25, 0.3) is 0 Å². The Morgan fingerprint density at radius 1 is 1.11 bits per heavy atom. The van der Waals surface area contributed by atoms with Gasteiger partial charge in [0, 0.05) is 0 Å². The molecule has 0 atom stereocenters. The van der Waals surface area contributed by atoms with Gasteiger partial charge >= 0.3 is 10.1 Å². The van der Waals surface area contributed by atoms with Crippen LogP contribution in [0.4, 0.5) is 0 Å². The molecule has 4 nitrogen and oxygen atoms in total. The van der Waals surface area contributed by atoms with Crippen LogP contribution < -0.4 is 4.18 Å². The zero-order valence-corrected chi connectivity index (χ0v) is 12.8. The van der Waals surface area contributed by atoms with Crippen LogP contribution in [0, 0.1) is 3.57 Å². The van der Waals surface area contributed by atoms with Crippen molar-refractivity contribution < 1.29 is 17.7 Å². The molecule has 2 rings (SSSR count). The van der Waals surface area contributed by atoms with E-state index in [1.54, 1.807) is 24.3 Å². The fourth-order valence-corrected chi connectivity index (χ4v) is 3.04. The second-order valence-corrected chi connectivity index (χ2v) is 6.62. The van der Waals surface area contributed by atoms with Crippen molar-refractivity contribution in [3.05, 3.63) is 57.7 Å². The van der Waals surface area contributed by atoms with E-state index in [0.717, 1.165) is 0 Å². The minimum atomic E-state index is -3.70. The minimum absolute atomic E-state index is 0.0911. The van der Waals surface area contributed by atoms with Crippen molar-refractivity contribution in [1.29, 1.82) is 0 Å². The van der Waals surface area contributed by atoms with Gasteiger partial charge in [0.25, 0.3) is 0 Å². The summed E-state index contributed by atoms with van der Waals surface area (Å²) >= 11 is 1.90. The van der Waals surface area contributed by atoms with Crippen LogP contribution in [0.2, 0.25) is 0 Å². The second-order valence-electron chi connectivity index (χ2n) is 3.88. The lowest BCUT2D eigenvalue weighted by Crippen LogP contribution is -2.12. The van der Waals surface area contributed by atoms with Gasteiger partial charge in [0.2, 0.25) is 0 Å². The summed E-state index contributed by atoms with van der Waals surface area (Å²) in [6.07, 6.45) is 0. The molecule has 0 heterocycles. The van der Waals surface area contributed by atoms with Crippen molar-refractivity contribution in [2.24, 2.45) is 0 Å². The summed E-state index contributed by atoms with van der Waals surface area (Å²) in [5.41, 5.74) is 0.663. The molecule has 0 spiro atoms. The second kappa shape index (κ2) is 5.79. The van der Waals surface area contributed by atoms with E-state index in [0.29, 0.717) is 9.13 Å². The Balaban J connectivity index is 2.15. The highest BCUT2D eigenvalue weighted by Crippen LogP contribution is 2.25. The van der Waals surface area contributed by atoms with E-state index < -0.39 is 10.1 Å². The Morgan fingerprint density at radius 3 is 2.42 bits per heavy atom. The van der Waals surface area contributed by atoms with E-state index in [4.69, 9.17) is 4.18 Å². The molecule has 6 heteroatoms. The summed E-state index contributed by atoms with van der Waals surface area (Å²) in [7, 11) is -3.70. The van der Waals surface area contributed by atoms with Gasteiger partial charge in [-0.25, -0.2) is 0 Å². The van der Waals surface area contributed by atoms with E-state index in [1.807, 2.05) is 28.7 Å². The third-order valence-electron chi connectivity index (χ3n) is 2.33. The summed E-state index contributed by atoms with van der Waals surface area (Å²) in [5.74, 6) is 0.0946. The van der Waals surface area contributed by atoms with Gasteiger partial charge in [0.1, 0.15) is 17.3 Å².